The first-order chi connectivity index (χ1) is 7.96. The van der Waals surface area contributed by atoms with Gasteiger partial charge in [-0.15, -0.1) is 0 Å². The second-order valence-corrected chi connectivity index (χ2v) is 5.03. The maximum atomic E-state index is 6.16. The number of hydrogen-bond acceptors (Lipinski definition) is 3. The summed E-state index contributed by atoms with van der Waals surface area (Å²) in [4.78, 5) is 2.25. The second-order valence-electron chi connectivity index (χ2n) is 5.03. The smallest absolute Gasteiger partial charge is 0.119 e. The zero-order valence-corrected chi connectivity index (χ0v) is 11.4. The summed E-state index contributed by atoms with van der Waals surface area (Å²) in [6.45, 7) is 6.00. The number of nitrogens with two attached hydrogens (primary N) is 1. The van der Waals surface area contributed by atoms with E-state index in [0.29, 0.717) is 0 Å². The van der Waals surface area contributed by atoms with E-state index < -0.39 is 0 Å². The van der Waals surface area contributed by atoms with Crippen LogP contribution in [0.3, 0.4) is 0 Å². The summed E-state index contributed by atoms with van der Waals surface area (Å²) in [5.74, 6) is 0.905. The van der Waals surface area contributed by atoms with Crippen LogP contribution in [0.5, 0.6) is 5.75 Å². The molecule has 1 atom stereocenters. The molecule has 1 aromatic carbocycles. The van der Waals surface area contributed by atoms with Gasteiger partial charge < -0.3 is 15.4 Å². The molecule has 0 aliphatic carbocycles. The molecule has 1 aromatic rings. The molecule has 96 valence electrons. The first-order valence-electron chi connectivity index (χ1n) is 6.07. The lowest BCUT2D eigenvalue weighted by Crippen LogP contribution is -2.45. The van der Waals surface area contributed by atoms with Gasteiger partial charge in [0.2, 0.25) is 0 Å². The van der Waals surface area contributed by atoms with Gasteiger partial charge in [-0.3, -0.25) is 0 Å². The van der Waals surface area contributed by atoms with Crippen molar-refractivity contribution in [2.24, 2.45) is 5.73 Å². The summed E-state index contributed by atoms with van der Waals surface area (Å²) in [5.41, 5.74) is 7.29. The number of benzene rings is 1. The second kappa shape index (κ2) is 6.03. The van der Waals surface area contributed by atoms with Gasteiger partial charge in [-0.2, -0.15) is 0 Å². The van der Waals surface area contributed by atoms with Gasteiger partial charge in [-0.25, -0.2) is 0 Å². The third-order valence-corrected chi connectivity index (χ3v) is 3.03. The predicted molar refractivity (Wildman–Crippen MR) is 72.2 cm³/mol. The third kappa shape index (κ3) is 4.75. The van der Waals surface area contributed by atoms with Gasteiger partial charge in [-0.05, 0) is 38.1 Å². The van der Waals surface area contributed by atoms with Crippen LogP contribution < -0.4 is 10.5 Å². The Morgan fingerprint density at radius 1 is 1.41 bits per heavy atom. The minimum absolute atomic E-state index is 0.117. The van der Waals surface area contributed by atoms with Crippen molar-refractivity contribution in [1.82, 2.24) is 4.90 Å². The first-order valence-corrected chi connectivity index (χ1v) is 6.07. The lowest BCUT2D eigenvalue weighted by atomic mass is 10.00. The van der Waals surface area contributed by atoms with Crippen LogP contribution in [0.4, 0.5) is 0 Å². The number of methoxy groups -OCH3 is 1. The van der Waals surface area contributed by atoms with Gasteiger partial charge in [0.1, 0.15) is 5.75 Å². The average Bonchev–Trinajstić information content (AvgIpc) is 2.28. The van der Waals surface area contributed by atoms with Crippen LogP contribution in [0, 0.1) is 0 Å². The molecule has 1 unspecified atom stereocenters. The van der Waals surface area contributed by atoms with E-state index in [1.807, 2.05) is 12.1 Å². The molecular weight excluding hydrogens is 212 g/mol. The van der Waals surface area contributed by atoms with Crippen LogP contribution >= 0.6 is 0 Å². The van der Waals surface area contributed by atoms with E-state index in [4.69, 9.17) is 10.5 Å². The minimum atomic E-state index is -0.117. The Morgan fingerprint density at radius 3 is 2.71 bits per heavy atom. The molecule has 0 bridgehead atoms. The Kier molecular flexibility index (Phi) is 4.97. The third-order valence-electron chi connectivity index (χ3n) is 3.03. The number of nitrogens with zero attached hydrogens (tertiary/aromatic N) is 1. The molecule has 0 heterocycles. The molecule has 3 nitrogen and oxygen atoms in total. The summed E-state index contributed by atoms with van der Waals surface area (Å²) in [6.07, 6.45) is 0.982. The maximum Gasteiger partial charge on any atom is 0.119 e. The Hall–Kier alpha value is -1.06. The van der Waals surface area contributed by atoms with Crippen molar-refractivity contribution in [3.63, 3.8) is 0 Å². The molecule has 3 heteroatoms. The highest BCUT2D eigenvalue weighted by molar-refractivity contribution is 5.28. The zero-order chi connectivity index (χ0) is 12.9. The highest BCUT2D eigenvalue weighted by atomic mass is 16.5. The fraction of sp³-hybridized carbons (Fsp3) is 0.571. The Morgan fingerprint density at radius 2 is 2.12 bits per heavy atom. The largest absolute Gasteiger partial charge is 0.497 e. The van der Waals surface area contributed by atoms with Crippen LogP contribution in [0.1, 0.15) is 25.8 Å². The van der Waals surface area contributed by atoms with E-state index in [0.717, 1.165) is 25.3 Å². The normalized spacial score (nSPS) is 14.7. The topological polar surface area (TPSA) is 38.5 Å². The molecular formula is C14H24N2O. The van der Waals surface area contributed by atoms with Gasteiger partial charge in [0.05, 0.1) is 7.11 Å². The van der Waals surface area contributed by atoms with E-state index in [2.05, 4.69) is 37.9 Å². The quantitative estimate of drug-likeness (QED) is 0.823. The summed E-state index contributed by atoms with van der Waals surface area (Å²) in [5, 5.41) is 0. The van der Waals surface area contributed by atoms with Crippen molar-refractivity contribution in [3.05, 3.63) is 29.8 Å². The van der Waals surface area contributed by atoms with Crippen LogP contribution in [-0.4, -0.2) is 31.1 Å². The maximum absolute atomic E-state index is 6.16. The van der Waals surface area contributed by atoms with E-state index in [9.17, 15) is 0 Å². The molecule has 0 aliphatic heterocycles. The summed E-state index contributed by atoms with van der Waals surface area (Å²) in [6, 6.07) is 8.15. The van der Waals surface area contributed by atoms with Gasteiger partial charge >= 0.3 is 0 Å². The molecule has 0 amide bonds. The number of ether oxygens (including phenoxy) is 1. The van der Waals surface area contributed by atoms with Gasteiger partial charge in [0.25, 0.3) is 0 Å². The Labute approximate surface area is 105 Å². The SMILES string of the molecule is CCC(C)(N)CN(C)Cc1cccc(OC)c1. The van der Waals surface area contributed by atoms with Gasteiger partial charge in [0, 0.05) is 18.6 Å². The van der Waals surface area contributed by atoms with E-state index >= 15 is 0 Å². The molecule has 17 heavy (non-hydrogen) atoms. The zero-order valence-electron chi connectivity index (χ0n) is 11.4. The first kappa shape index (κ1) is 14.0. The highest BCUT2D eigenvalue weighted by Gasteiger charge is 2.17. The standard InChI is InChI=1S/C14H24N2O/c1-5-14(2,15)11-16(3)10-12-7-6-8-13(9-12)17-4/h6-9H,5,10-11,15H2,1-4H3. The lowest BCUT2D eigenvalue weighted by molar-refractivity contribution is 0.246. The van der Waals surface area contributed by atoms with Crippen LogP contribution in [-0.2, 0) is 6.54 Å². The summed E-state index contributed by atoms with van der Waals surface area (Å²) < 4.78 is 5.22. The van der Waals surface area contributed by atoms with Crippen LogP contribution in [0.2, 0.25) is 0 Å². The Balaban J connectivity index is 2.58. The Bertz CT molecular complexity index is 350. The summed E-state index contributed by atoms with van der Waals surface area (Å²) >= 11 is 0. The fourth-order valence-corrected chi connectivity index (χ4v) is 1.87. The van der Waals surface area contributed by atoms with E-state index in [1.165, 1.54) is 5.56 Å². The fourth-order valence-electron chi connectivity index (χ4n) is 1.87. The predicted octanol–water partition coefficient (Wildman–Crippen LogP) is 2.25. The molecule has 0 saturated heterocycles. The molecule has 0 saturated carbocycles. The number of hydrogen-bond donors (Lipinski definition) is 1. The summed E-state index contributed by atoms with van der Waals surface area (Å²) in [7, 11) is 3.79. The highest BCUT2D eigenvalue weighted by Crippen LogP contribution is 2.15. The van der Waals surface area contributed by atoms with Crippen molar-refractivity contribution in [1.29, 1.82) is 0 Å². The molecule has 0 aromatic heterocycles. The number of likely N-dealkylation sites (N-methyl/N-ethyl adjacent to an activating group) is 1. The molecule has 0 radical (unpaired) electrons. The average molecular weight is 236 g/mol. The van der Waals surface area contributed by atoms with Gasteiger partial charge in [0.15, 0.2) is 0 Å². The van der Waals surface area contributed by atoms with Crippen molar-refractivity contribution in [2.45, 2.75) is 32.4 Å². The van der Waals surface area contributed by atoms with Gasteiger partial charge in [-0.1, -0.05) is 19.1 Å². The molecule has 0 spiro atoms. The van der Waals surface area contributed by atoms with E-state index in [-0.39, 0.29) is 5.54 Å². The minimum Gasteiger partial charge on any atom is -0.497 e. The molecule has 0 fully saturated rings. The lowest BCUT2D eigenvalue weighted by Gasteiger charge is -2.29. The molecule has 0 aliphatic rings. The van der Waals surface area contributed by atoms with Crippen molar-refractivity contribution >= 4 is 0 Å². The van der Waals surface area contributed by atoms with E-state index in [1.54, 1.807) is 7.11 Å². The van der Waals surface area contributed by atoms with Crippen molar-refractivity contribution in [3.8, 4) is 5.75 Å². The monoisotopic (exact) mass is 236 g/mol. The molecule has 2 N–H and O–H groups in total. The van der Waals surface area contributed by atoms with Crippen LogP contribution in [0.25, 0.3) is 0 Å². The van der Waals surface area contributed by atoms with Crippen molar-refractivity contribution in [2.75, 3.05) is 20.7 Å². The van der Waals surface area contributed by atoms with Crippen molar-refractivity contribution < 1.29 is 4.74 Å². The van der Waals surface area contributed by atoms with Crippen LogP contribution in [0.15, 0.2) is 24.3 Å². The molecule has 1 rings (SSSR count). The number of rotatable bonds is 6.